The largest absolute Gasteiger partial charge is 0.353 e. The van der Waals surface area contributed by atoms with E-state index >= 15 is 0 Å². The van der Waals surface area contributed by atoms with E-state index in [0.717, 1.165) is 0 Å². The first kappa shape index (κ1) is 14.7. The molecule has 0 radical (unpaired) electrons. The quantitative estimate of drug-likeness (QED) is 0.277. The highest BCUT2D eigenvalue weighted by Gasteiger charge is 2.18. The molecule has 1 nitrogen and oxygen atoms in total. The van der Waals surface area contributed by atoms with Crippen molar-refractivity contribution in [3.05, 3.63) is 84.9 Å². The number of hydrogen-bond acceptors (Lipinski definition) is 1. The summed E-state index contributed by atoms with van der Waals surface area (Å²) in [7, 11) is 0. The van der Waals surface area contributed by atoms with Crippen molar-refractivity contribution >= 4 is 74.9 Å². The van der Waals surface area contributed by atoms with Gasteiger partial charge in [0.2, 0.25) is 0 Å². The maximum absolute atomic E-state index is 3.73. The average molecular weight is 373 g/mol. The minimum absolute atomic E-state index is 1.21. The Labute approximate surface area is 164 Å². The van der Waals surface area contributed by atoms with Gasteiger partial charge in [-0.2, -0.15) is 0 Å². The van der Waals surface area contributed by atoms with E-state index in [2.05, 4.69) is 89.9 Å². The van der Waals surface area contributed by atoms with E-state index in [1.54, 1.807) is 0 Å². The van der Waals surface area contributed by atoms with Gasteiger partial charge in [-0.05, 0) is 27.6 Å². The fraction of sp³-hybridized carbons (Fsp3) is 0. The summed E-state index contributed by atoms with van der Waals surface area (Å²) in [5.74, 6) is 0. The Balaban J connectivity index is 1.87. The summed E-state index contributed by atoms with van der Waals surface area (Å²) in [6, 6.07) is 30.8. The fourth-order valence-electron chi connectivity index (χ4n) is 4.78. The van der Waals surface area contributed by atoms with E-state index in [0.29, 0.717) is 0 Å². The first-order chi connectivity index (χ1) is 13.9. The zero-order valence-corrected chi connectivity index (χ0v) is 15.8. The average Bonchev–Trinajstić information content (AvgIpc) is 3.33. The predicted octanol–water partition coefficient (Wildman–Crippen LogP) is 8.00. The third kappa shape index (κ3) is 1.71. The molecule has 0 atom stereocenters. The Morgan fingerprint density at radius 2 is 1.18 bits per heavy atom. The molecule has 0 fully saturated rings. The Bertz CT molecular complexity index is 1720. The highest BCUT2D eigenvalue weighted by Crippen LogP contribution is 2.47. The van der Waals surface area contributed by atoms with E-state index in [4.69, 9.17) is 0 Å². The molecule has 130 valence electrons. The van der Waals surface area contributed by atoms with Crippen LogP contribution in [0.15, 0.2) is 84.9 Å². The monoisotopic (exact) mass is 373 g/mol. The Kier molecular flexibility index (Phi) is 2.68. The minimum atomic E-state index is 1.21. The maximum atomic E-state index is 3.73. The van der Waals surface area contributed by atoms with Crippen LogP contribution >= 0.6 is 11.3 Å². The molecule has 0 aliphatic heterocycles. The van der Waals surface area contributed by atoms with E-state index in [1.165, 1.54) is 63.5 Å². The normalized spacial score (nSPS) is 12.3. The van der Waals surface area contributed by atoms with Crippen molar-refractivity contribution in [1.82, 2.24) is 4.98 Å². The van der Waals surface area contributed by atoms with Gasteiger partial charge in [-0.15, -0.1) is 11.3 Å². The third-order valence-corrected chi connectivity index (χ3v) is 7.24. The van der Waals surface area contributed by atoms with Crippen molar-refractivity contribution in [2.75, 3.05) is 0 Å². The molecule has 0 amide bonds. The van der Waals surface area contributed by atoms with Crippen molar-refractivity contribution in [3.63, 3.8) is 0 Å². The third-order valence-electron chi connectivity index (χ3n) is 5.98. The van der Waals surface area contributed by atoms with Crippen molar-refractivity contribution < 1.29 is 0 Å². The van der Waals surface area contributed by atoms with Crippen molar-refractivity contribution in [1.29, 1.82) is 0 Å². The van der Waals surface area contributed by atoms with Gasteiger partial charge in [-0.3, -0.25) is 0 Å². The predicted molar refractivity (Wildman–Crippen MR) is 124 cm³/mol. The topological polar surface area (TPSA) is 15.8 Å². The summed E-state index contributed by atoms with van der Waals surface area (Å²) in [6.45, 7) is 0. The van der Waals surface area contributed by atoms with E-state index in [-0.39, 0.29) is 0 Å². The van der Waals surface area contributed by atoms with Crippen LogP contribution in [0.3, 0.4) is 0 Å². The highest BCUT2D eigenvalue weighted by atomic mass is 32.1. The Morgan fingerprint density at radius 3 is 2.04 bits per heavy atom. The van der Waals surface area contributed by atoms with Crippen LogP contribution < -0.4 is 0 Å². The van der Waals surface area contributed by atoms with Gasteiger partial charge in [-0.25, -0.2) is 0 Å². The van der Waals surface area contributed by atoms with Crippen LogP contribution in [0.5, 0.6) is 0 Å². The lowest BCUT2D eigenvalue weighted by Gasteiger charge is -2.04. The summed E-state index contributed by atoms with van der Waals surface area (Å²) in [5.41, 5.74) is 2.47. The van der Waals surface area contributed by atoms with Gasteiger partial charge in [0.1, 0.15) is 0 Å². The van der Waals surface area contributed by atoms with Crippen LogP contribution in [0.1, 0.15) is 0 Å². The molecule has 7 rings (SSSR count). The molecule has 5 aromatic carbocycles. The Hall–Kier alpha value is -3.36. The van der Waals surface area contributed by atoms with Crippen LogP contribution in [0.4, 0.5) is 0 Å². The molecular weight excluding hydrogens is 358 g/mol. The van der Waals surface area contributed by atoms with Gasteiger partial charge in [0.15, 0.2) is 0 Å². The summed E-state index contributed by atoms with van der Waals surface area (Å²) in [6.07, 6.45) is 0. The smallest absolute Gasteiger partial charge is 0.0653 e. The first-order valence-electron chi connectivity index (χ1n) is 9.55. The van der Waals surface area contributed by atoms with Crippen molar-refractivity contribution in [3.8, 4) is 0 Å². The Morgan fingerprint density at radius 1 is 0.500 bits per heavy atom. The summed E-state index contributed by atoms with van der Waals surface area (Å²) >= 11 is 1.92. The minimum Gasteiger partial charge on any atom is -0.353 e. The highest BCUT2D eigenvalue weighted by molar-refractivity contribution is 7.27. The molecule has 28 heavy (non-hydrogen) atoms. The number of aromatic amines is 1. The molecule has 1 N–H and O–H groups in total. The van der Waals surface area contributed by atoms with Crippen LogP contribution in [0, 0.1) is 0 Å². The number of aromatic nitrogens is 1. The van der Waals surface area contributed by atoms with Crippen LogP contribution in [0.25, 0.3) is 63.5 Å². The van der Waals surface area contributed by atoms with Crippen molar-refractivity contribution in [2.45, 2.75) is 0 Å². The van der Waals surface area contributed by atoms with Gasteiger partial charge >= 0.3 is 0 Å². The van der Waals surface area contributed by atoms with Gasteiger partial charge in [-0.1, -0.05) is 78.9 Å². The van der Waals surface area contributed by atoms with Crippen molar-refractivity contribution in [2.24, 2.45) is 0 Å². The molecule has 2 heterocycles. The number of para-hydroxylation sites is 1. The van der Waals surface area contributed by atoms with Crippen LogP contribution in [-0.4, -0.2) is 4.98 Å². The number of benzene rings is 5. The lowest BCUT2D eigenvalue weighted by Crippen LogP contribution is -1.78. The van der Waals surface area contributed by atoms with Gasteiger partial charge in [0, 0.05) is 31.8 Å². The molecule has 0 saturated carbocycles. The standard InChI is InChI=1S/C26H15NS/c1-2-8-16-15(7-1)13-14-20-23-18-10-4-3-9-17(18)22-19-11-5-6-12-21(19)27-24(22)26(23)28-25(16)20/h1-14,27H. The number of nitrogens with one attached hydrogen (secondary N) is 1. The van der Waals surface area contributed by atoms with Crippen LogP contribution in [-0.2, 0) is 0 Å². The van der Waals surface area contributed by atoms with Crippen LogP contribution in [0.2, 0.25) is 0 Å². The summed E-state index contributed by atoms with van der Waals surface area (Å²) in [4.78, 5) is 3.73. The van der Waals surface area contributed by atoms with E-state index < -0.39 is 0 Å². The maximum Gasteiger partial charge on any atom is 0.0653 e. The number of rotatable bonds is 0. The molecular formula is C26H15NS. The number of H-pyrrole nitrogens is 1. The molecule has 0 bridgehead atoms. The molecule has 0 aliphatic carbocycles. The van der Waals surface area contributed by atoms with E-state index in [1.807, 2.05) is 11.3 Å². The first-order valence-corrected chi connectivity index (χ1v) is 10.4. The molecule has 2 aromatic heterocycles. The molecule has 2 heteroatoms. The lowest BCUT2D eigenvalue weighted by atomic mass is 9.98. The SMILES string of the molecule is c1ccc2c(c1)ccc1c2sc2c3[nH]c4ccccc4c3c3ccccc3c12. The molecule has 0 unspecified atom stereocenters. The second kappa shape index (κ2) is 5.12. The number of hydrogen-bond donors (Lipinski definition) is 1. The van der Waals surface area contributed by atoms with Gasteiger partial charge < -0.3 is 4.98 Å². The number of fused-ring (bicyclic) bond motifs is 12. The zero-order chi connectivity index (χ0) is 18.2. The molecule has 7 aromatic rings. The second-order valence-corrected chi connectivity index (χ2v) is 8.46. The fourth-order valence-corrected chi connectivity index (χ4v) is 6.14. The van der Waals surface area contributed by atoms with E-state index in [9.17, 15) is 0 Å². The summed E-state index contributed by atoms with van der Waals surface area (Å²) in [5, 5.41) is 10.7. The molecule has 0 spiro atoms. The summed E-state index contributed by atoms with van der Waals surface area (Å²) < 4.78 is 2.74. The zero-order valence-electron chi connectivity index (χ0n) is 15.0. The lowest BCUT2D eigenvalue weighted by molar-refractivity contribution is 1.57. The second-order valence-electron chi connectivity index (χ2n) is 7.44. The van der Waals surface area contributed by atoms with Gasteiger partial charge in [0.25, 0.3) is 0 Å². The van der Waals surface area contributed by atoms with Gasteiger partial charge in [0.05, 0.1) is 10.2 Å². The number of thiophene rings is 1. The molecule has 0 saturated heterocycles. The molecule has 0 aliphatic rings.